The molecule has 0 saturated carbocycles. The number of nitrogens with one attached hydrogen (secondary N) is 1. The fourth-order valence-electron chi connectivity index (χ4n) is 2.95. The Kier molecular flexibility index (Phi) is 3.45. The molecule has 1 unspecified atom stereocenters. The maximum Gasteiger partial charge on any atom is 0.110 e. The summed E-state index contributed by atoms with van der Waals surface area (Å²) < 4.78 is 5.45. The molecule has 17 heavy (non-hydrogen) atoms. The van der Waals surface area contributed by atoms with Crippen LogP contribution in [0.1, 0.15) is 40.9 Å². The normalized spacial score (nSPS) is 22.6. The monoisotopic (exact) mass is 252 g/mol. The molecule has 94 valence electrons. The lowest BCUT2D eigenvalue weighted by molar-refractivity contribution is 0.0546. The van der Waals surface area contributed by atoms with Gasteiger partial charge in [0.05, 0.1) is 11.7 Å². The highest BCUT2D eigenvalue weighted by molar-refractivity contribution is 7.11. The Morgan fingerprint density at radius 3 is 2.88 bits per heavy atom. The van der Waals surface area contributed by atoms with Gasteiger partial charge in [-0.1, -0.05) is 0 Å². The molecular weight excluding hydrogens is 232 g/mol. The molecule has 0 spiro atoms. The van der Waals surface area contributed by atoms with Crippen LogP contribution < -0.4 is 5.32 Å². The number of hydrogen-bond donors (Lipinski definition) is 1. The van der Waals surface area contributed by atoms with E-state index in [2.05, 4.69) is 12.4 Å². The summed E-state index contributed by atoms with van der Waals surface area (Å²) in [5.41, 5.74) is 1.37. The van der Waals surface area contributed by atoms with Crippen molar-refractivity contribution in [2.24, 2.45) is 5.92 Å². The Bertz CT molecular complexity index is 363. The molecule has 1 saturated heterocycles. The van der Waals surface area contributed by atoms with Crippen LogP contribution in [-0.2, 0) is 17.6 Å². The molecule has 1 aromatic heterocycles. The first kappa shape index (κ1) is 11.6. The molecule has 1 fully saturated rings. The molecule has 4 heteroatoms. The molecule has 1 aliphatic heterocycles. The molecule has 2 heterocycles. The van der Waals surface area contributed by atoms with Crippen molar-refractivity contribution < 1.29 is 4.74 Å². The maximum atomic E-state index is 5.45. The van der Waals surface area contributed by atoms with Crippen molar-refractivity contribution in [3.63, 3.8) is 0 Å². The predicted molar refractivity (Wildman–Crippen MR) is 69.5 cm³/mol. The molecule has 3 nitrogen and oxygen atoms in total. The van der Waals surface area contributed by atoms with Crippen LogP contribution in [0.25, 0.3) is 0 Å². The largest absolute Gasteiger partial charge is 0.381 e. The highest BCUT2D eigenvalue weighted by Crippen LogP contribution is 2.36. The third-order valence-electron chi connectivity index (χ3n) is 3.93. The van der Waals surface area contributed by atoms with E-state index in [0.29, 0.717) is 12.0 Å². The number of aromatic nitrogens is 1. The third-order valence-corrected chi connectivity index (χ3v) is 5.17. The van der Waals surface area contributed by atoms with Crippen LogP contribution in [0.15, 0.2) is 0 Å². The van der Waals surface area contributed by atoms with Crippen molar-refractivity contribution in [3.8, 4) is 0 Å². The summed E-state index contributed by atoms with van der Waals surface area (Å²) in [5, 5.41) is 4.78. The number of rotatable bonds is 3. The molecule has 1 N–H and O–H groups in total. The van der Waals surface area contributed by atoms with Gasteiger partial charge in [0.1, 0.15) is 5.01 Å². The summed E-state index contributed by atoms with van der Waals surface area (Å²) in [6.07, 6.45) is 6.06. The van der Waals surface area contributed by atoms with Gasteiger partial charge in [0.2, 0.25) is 0 Å². The van der Waals surface area contributed by atoms with E-state index >= 15 is 0 Å². The molecule has 1 aromatic rings. The minimum atomic E-state index is 0.439. The van der Waals surface area contributed by atoms with E-state index in [1.165, 1.54) is 34.8 Å². The zero-order chi connectivity index (χ0) is 11.7. The first-order chi connectivity index (χ1) is 8.38. The van der Waals surface area contributed by atoms with Crippen molar-refractivity contribution in [3.05, 3.63) is 15.6 Å². The molecule has 2 aliphatic rings. The number of nitrogens with zero attached hydrogens (tertiary/aromatic N) is 1. The zero-order valence-electron chi connectivity index (χ0n) is 10.4. The van der Waals surface area contributed by atoms with Gasteiger partial charge >= 0.3 is 0 Å². The lowest BCUT2D eigenvalue weighted by Crippen LogP contribution is -2.29. The summed E-state index contributed by atoms with van der Waals surface area (Å²) >= 11 is 1.93. The average molecular weight is 252 g/mol. The maximum absolute atomic E-state index is 5.45. The van der Waals surface area contributed by atoms with Gasteiger partial charge in [-0.3, -0.25) is 0 Å². The van der Waals surface area contributed by atoms with E-state index < -0.39 is 0 Å². The van der Waals surface area contributed by atoms with Crippen molar-refractivity contribution >= 4 is 11.3 Å². The minimum Gasteiger partial charge on any atom is -0.381 e. The Labute approximate surface area is 107 Å². The van der Waals surface area contributed by atoms with Gasteiger partial charge in [-0.05, 0) is 45.1 Å². The molecule has 0 aromatic carbocycles. The molecule has 0 bridgehead atoms. The smallest absolute Gasteiger partial charge is 0.110 e. The van der Waals surface area contributed by atoms with Crippen molar-refractivity contribution in [2.75, 3.05) is 20.3 Å². The zero-order valence-corrected chi connectivity index (χ0v) is 11.2. The van der Waals surface area contributed by atoms with Crippen LogP contribution in [0, 0.1) is 5.92 Å². The Morgan fingerprint density at radius 1 is 1.35 bits per heavy atom. The van der Waals surface area contributed by atoms with E-state index in [1.54, 1.807) is 0 Å². The molecule has 0 amide bonds. The summed E-state index contributed by atoms with van der Waals surface area (Å²) in [6, 6.07) is 0.439. The van der Waals surface area contributed by atoms with Gasteiger partial charge in [-0.15, -0.1) is 11.3 Å². The number of fused-ring (bicyclic) bond motifs is 1. The number of aryl methyl sites for hydroxylation is 2. The number of thiazole rings is 1. The molecular formula is C13H20N2OS. The lowest BCUT2D eigenvalue weighted by atomic mass is 9.92. The topological polar surface area (TPSA) is 34.2 Å². The van der Waals surface area contributed by atoms with Crippen molar-refractivity contribution in [1.82, 2.24) is 10.3 Å². The lowest BCUT2D eigenvalue weighted by Gasteiger charge is -2.28. The standard InChI is InChI=1S/C13H20N2OS/c1-14-12(9-5-7-16-8-6-9)13-15-10-3-2-4-11(10)17-13/h9,12,14H,2-8H2,1H3. The van der Waals surface area contributed by atoms with Gasteiger partial charge < -0.3 is 10.1 Å². The van der Waals surface area contributed by atoms with Gasteiger partial charge in [-0.2, -0.15) is 0 Å². The molecule has 3 rings (SSSR count). The highest BCUT2D eigenvalue weighted by Gasteiger charge is 2.28. The molecule has 1 atom stereocenters. The second-order valence-electron chi connectivity index (χ2n) is 4.99. The first-order valence-electron chi connectivity index (χ1n) is 6.62. The van der Waals surface area contributed by atoms with Crippen LogP contribution in [0.5, 0.6) is 0 Å². The quantitative estimate of drug-likeness (QED) is 0.896. The third kappa shape index (κ3) is 2.26. The van der Waals surface area contributed by atoms with Crippen molar-refractivity contribution in [1.29, 1.82) is 0 Å². The second-order valence-corrected chi connectivity index (χ2v) is 6.11. The summed E-state index contributed by atoms with van der Waals surface area (Å²) in [4.78, 5) is 6.39. The van der Waals surface area contributed by atoms with Gasteiger partial charge in [-0.25, -0.2) is 4.98 Å². The fraction of sp³-hybridized carbons (Fsp3) is 0.769. The van der Waals surface area contributed by atoms with Crippen molar-refractivity contribution in [2.45, 2.75) is 38.1 Å². The van der Waals surface area contributed by atoms with Crippen LogP contribution in [0.3, 0.4) is 0 Å². The summed E-state index contributed by atoms with van der Waals surface area (Å²) in [6.45, 7) is 1.82. The average Bonchev–Trinajstić information content (AvgIpc) is 2.92. The van der Waals surface area contributed by atoms with Gasteiger partial charge in [0.25, 0.3) is 0 Å². The molecule has 1 aliphatic carbocycles. The highest BCUT2D eigenvalue weighted by atomic mass is 32.1. The fourth-order valence-corrected chi connectivity index (χ4v) is 4.31. The first-order valence-corrected chi connectivity index (χ1v) is 7.43. The summed E-state index contributed by atoms with van der Waals surface area (Å²) in [5.74, 6) is 0.694. The van der Waals surface area contributed by atoms with Gasteiger partial charge in [0.15, 0.2) is 0 Å². The predicted octanol–water partition coefficient (Wildman–Crippen LogP) is 2.32. The van der Waals surface area contributed by atoms with E-state index in [4.69, 9.17) is 9.72 Å². The SMILES string of the molecule is CNC(c1nc2c(s1)CCC2)C1CCOCC1. The van der Waals surface area contributed by atoms with Crippen LogP contribution in [0.2, 0.25) is 0 Å². The Morgan fingerprint density at radius 2 is 2.18 bits per heavy atom. The van der Waals surface area contributed by atoms with E-state index in [1.807, 2.05) is 11.3 Å². The van der Waals surface area contributed by atoms with E-state index in [-0.39, 0.29) is 0 Å². The van der Waals surface area contributed by atoms with Crippen LogP contribution in [0.4, 0.5) is 0 Å². The van der Waals surface area contributed by atoms with Crippen LogP contribution in [-0.4, -0.2) is 25.2 Å². The second kappa shape index (κ2) is 5.04. The van der Waals surface area contributed by atoms with Crippen LogP contribution >= 0.6 is 11.3 Å². The van der Waals surface area contributed by atoms with E-state index in [0.717, 1.165) is 26.1 Å². The Hall–Kier alpha value is -0.450. The van der Waals surface area contributed by atoms with E-state index in [9.17, 15) is 0 Å². The molecule has 0 radical (unpaired) electrons. The number of hydrogen-bond acceptors (Lipinski definition) is 4. The minimum absolute atomic E-state index is 0.439. The number of ether oxygens (including phenoxy) is 1. The van der Waals surface area contributed by atoms with Gasteiger partial charge in [0, 0.05) is 18.1 Å². The Balaban J connectivity index is 1.78. The summed E-state index contributed by atoms with van der Waals surface area (Å²) in [7, 11) is 2.06.